The van der Waals surface area contributed by atoms with Crippen LogP contribution in [-0.4, -0.2) is 33.0 Å². The van der Waals surface area contributed by atoms with Crippen LogP contribution in [-0.2, 0) is 17.9 Å². The van der Waals surface area contributed by atoms with E-state index < -0.39 is 0 Å². The fraction of sp³-hybridized carbons (Fsp3) is 0.286. The molecule has 0 aliphatic carbocycles. The van der Waals surface area contributed by atoms with E-state index in [0.29, 0.717) is 24.9 Å². The third-order valence-corrected chi connectivity index (χ3v) is 5.57. The average Bonchev–Trinajstić information content (AvgIpc) is 3.15. The summed E-state index contributed by atoms with van der Waals surface area (Å²) in [5.41, 5.74) is 0.726. The van der Waals surface area contributed by atoms with Gasteiger partial charge in [0.25, 0.3) is 0 Å². The number of hydrogen-bond acceptors (Lipinski definition) is 6. The molecule has 0 aliphatic heterocycles. The molecule has 1 heterocycles. The van der Waals surface area contributed by atoms with Crippen LogP contribution >= 0.6 is 27.7 Å². The topological polar surface area (TPSA) is 78.3 Å². The number of nitrogens with one attached hydrogen (secondary N) is 1. The smallest absolute Gasteiger partial charge is 0.234 e. The number of anilines is 1. The van der Waals surface area contributed by atoms with Crippen molar-refractivity contribution in [2.24, 2.45) is 0 Å². The largest absolute Gasteiger partial charge is 0.494 e. The molecule has 0 atom stereocenters. The molecule has 0 saturated heterocycles. The second-order valence-corrected chi connectivity index (χ2v) is 8.04. The van der Waals surface area contributed by atoms with Crippen LogP contribution < -0.4 is 14.8 Å². The van der Waals surface area contributed by atoms with Crippen LogP contribution in [0, 0.1) is 0 Å². The maximum absolute atomic E-state index is 12.3. The molecule has 0 bridgehead atoms. The third kappa shape index (κ3) is 6.24. The van der Waals surface area contributed by atoms with Gasteiger partial charge in [0.2, 0.25) is 5.91 Å². The Labute approximate surface area is 188 Å². The first-order valence-electron chi connectivity index (χ1n) is 9.55. The summed E-state index contributed by atoms with van der Waals surface area (Å²) in [4.78, 5) is 12.3. The highest BCUT2D eigenvalue weighted by atomic mass is 79.9. The highest BCUT2D eigenvalue weighted by Crippen LogP contribution is 2.21. The van der Waals surface area contributed by atoms with Crippen molar-refractivity contribution < 1.29 is 14.3 Å². The molecule has 1 aromatic heterocycles. The molecule has 1 amide bonds. The molecule has 0 radical (unpaired) electrons. The van der Waals surface area contributed by atoms with E-state index in [0.717, 1.165) is 27.5 Å². The number of amides is 1. The summed E-state index contributed by atoms with van der Waals surface area (Å²) in [6.07, 6.45) is 0. The molecule has 3 rings (SSSR count). The Bertz CT molecular complexity index is 961. The van der Waals surface area contributed by atoms with Crippen molar-refractivity contribution in [3.63, 3.8) is 0 Å². The van der Waals surface area contributed by atoms with Gasteiger partial charge in [-0.05, 0) is 62.4 Å². The van der Waals surface area contributed by atoms with Crippen molar-refractivity contribution in [2.45, 2.75) is 32.2 Å². The maximum atomic E-state index is 12.3. The number of carbonyl (C=O) groups is 1. The summed E-state index contributed by atoms with van der Waals surface area (Å²) in [5.74, 6) is 2.38. The van der Waals surface area contributed by atoms with Gasteiger partial charge in [-0.3, -0.25) is 4.79 Å². The molecule has 158 valence electrons. The van der Waals surface area contributed by atoms with Gasteiger partial charge in [-0.15, -0.1) is 10.2 Å². The van der Waals surface area contributed by atoms with E-state index in [2.05, 4.69) is 31.4 Å². The Balaban J connectivity index is 1.53. The number of rotatable bonds is 10. The molecule has 1 N–H and O–H groups in total. The molecule has 0 fully saturated rings. The highest BCUT2D eigenvalue weighted by Gasteiger charge is 2.14. The summed E-state index contributed by atoms with van der Waals surface area (Å²) >= 11 is 4.75. The third-order valence-electron chi connectivity index (χ3n) is 4.07. The van der Waals surface area contributed by atoms with Crippen LogP contribution in [0.15, 0.2) is 58.2 Å². The molecule has 0 saturated carbocycles. The Hall–Kier alpha value is -2.52. The van der Waals surface area contributed by atoms with Gasteiger partial charge in [0, 0.05) is 16.7 Å². The summed E-state index contributed by atoms with van der Waals surface area (Å²) in [5, 5.41) is 12.0. The number of hydrogen-bond donors (Lipinski definition) is 1. The molecule has 0 aliphatic rings. The van der Waals surface area contributed by atoms with Crippen LogP contribution in [0.2, 0.25) is 0 Å². The lowest BCUT2D eigenvalue weighted by Gasteiger charge is -2.09. The predicted molar refractivity (Wildman–Crippen MR) is 121 cm³/mol. The minimum Gasteiger partial charge on any atom is -0.494 e. The molecular formula is C21H23BrN4O3S. The first kappa shape index (κ1) is 22.2. The molecule has 2 aromatic carbocycles. The minimum absolute atomic E-state index is 0.109. The lowest BCUT2D eigenvalue weighted by atomic mass is 10.3. The SMILES string of the molecule is CCOc1ccc(NC(=O)CSc2nnc(COc3ccc(Br)cc3)n2CC)cc1. The Morgan fingerprint density at radius 2 is 1.70 bits per heavy atom. The van der Waals surface area contributed by atoms with Gasteiger partial charge in [-0.25, -0.2) is 0 Å². The van der Waals surface area contributed by atoms with E-state index in [-0.39, 0.29) is 11.7 Å². The maximum Gasteiger partial charge on any atom is 0.234 e. The zero-order valence-electron chi connectivity index (χ0n) is 16.8. The zero-order chi connectivity index (χ0) is 21.3. The molecule has 9 heteroatoms. The minimum atomic E-state index is -0.109. The van der Waals surface area contributed by atoms with Gasteiger partial charge in [-0.1, -0.05) is 27.7 Å². The predicted octanol–water partition coefficient (Wildman–Crippen LogP) is 4.77. The Morgan fingerprint density at radius 1 is 1.03 bits per heavy atom. The van der Waals surface area contributed by atoms with Crippen molar-refractivity contribution >= 4 is 39.3 Å². The number of benzene rings is 2. The molecule has 0 spiro atoms. The number of thioether (sulfide) groups is 1. The zero-order valence-corrected chi connectivity index (χ0v) is 19.2. The van der Waals surface area contributed by atoms with E-state index in [1.807, 2.05) is 66.9 Å². The van der Waals surface area contributed by atoms with Crippen molar-refractivity contribution in [1.29, 1.82) is 0 Å². The molecular weight excluding hydrogens is 468 g/mol. The van der Waals surface area contributed by atoms with Crippen molar-refractivity contribution in [3.05, 3.63) is 58.8 Å². The van der Waals surface area contributed by atoms with Crippen molar-refractivity contribution in [3.8, 4) is 11.5 Å². The number of carbonyl (C=O) groups excluding carboxylic acids is 1. The second kappa shape index (κ2) is 11.0. The van der Waals surface area contributed by atoms with Crippen LogP contribution in [0.5, 0.6) is 11.5 Å². The summed E-state index contributed by atoms with van der Waals surface area (Å²) < 4.78 is 14.1. The normalized spacial score (nSPS) is 10.6. The fourth-order valence-corrected chi connectivity index (χ4v) is 3.74. The summed E-state index contributed by atoms with van der Waals surface area (Å²) in [6, 6.07) is 14.9. The summed E-state index contributed by atoms with van der Waals surface area (Å²) in [7, 11) is 0. The van der Waals surface area contributed by atoms with Crippen LogP contribution in [0.4, 0.5) is 5.69 Å². The van der Waals surface area contributed by atoms with E-state index in [1.165, 1.54) is 11.8 Å². The number of nitrogens with zero attached hydrogens (tertiary/aromatic N) is 3. The van der Waals surface area contributed by atoms with Gasteiger partial charge in [-0.2, -0.15) is 0 Å². The van der Waals surface area contributed by atoms with E-state index in [9.17, 15) is 4.79 Å². The molecule has 30 heavy (non-hydrogen) atoms. The first-order valence-corrected chi connectivity index (χ1v) is 11.3. The Kier molecular flexibility index (Phi) is 8.15. The fourth-order valence-electron chi connectivity index (χ4n) is 2.66. The lowest BCUT2D eigenvalue weighted by Crippen LogP contribution is -2.15. The van der Waals surface area contributed by atoms with Gasteiger partial charge < -0.3 is 19.4 Å². The van der Waals surface area contributed by atoms with Crippen molar-refractivity contribution in [1.82, 2.24) is 14.8 Å². The lowest BCUT2D eigenvalue weighted by molar-refractivity contribution is -0.113. The average molecular weight is 491 g/mol. The summed E-state index contributed by atoms with van der Waals surface area (Å²) in [6.45, 7) is 5.55. The quantitative estimate of drug-likeness (QED) is 0.412. The highest BCUT2D eigenvalue weighted by molar-refractivity contribution is 9.10. The van der Waals surface area contributed by atoms with E-state index in [1.54, 1.807) is 0 Å². The standard InChI is InChI=1S/C21H23BrN4O3S/c1-3-26-19(13-29-18-9-5-15(22)6-10-18)24-25-21(26)30-14-20(27)23-16-7-11-17(12-8-16)28-4-2/h5-12H,3-4,13-14H2,1-2H3,(H,23,27). The number of ether oxygens (including phenoxy) is 2. The number of halogens is 1. The van der Waals surface area contributed by atoms with Gasteiger partial charge in [0.15, 0.2) is 11.0 Å². The van der Waals surface area contributed by atoms with Gasteiger partial charge in [0.1, 0.15) is 18.1 Å². The van der Waals surface area contributed by atoms with Gasteiger partial charge >= 0.3 is 0 Å². The molecule has 0 unspecified atom stereocenters. The van der Waals surface area contributed by atoms with E-state index in [4.69, 9.17) is 9.47 Å². The Morgan fingerprint density at radius 3 is 2.37 bits per heavy atom. The molecule has 7 nitrogen and oxygen atoms in total. The van der Waals surface area contributed by atoms with Crippen LogP contribution in [0.25, 0.3) is 0 Å². The van der Waals surface area contributed by atoms with Crippen LogP contribution in [0.3, 0.4) is 0 Å². The van der Waals surface area contributed by atoms with Gasteiger partial charge in [0.05, 0.1) is 12.4 Å². The first-order chi connectivity index (χ1) is 14.6. The number of aromatic nitrogens is 3. The van der Waals surface area contributed by atoms with E-state index >= 15 is 0 Å². The van der Waals surface area contributed by atoms with Crippen molar-refractivity contribution in [2.75, 3.05) is 17.7 Å². The van der Waals surface area contributed by atoms with Crippen LogP contribution in [0.1, 0.15) is 19.7 Å². The molecule has 3 aromatic rings. The second-order valence-electron chi connectivity index (χ2n) is 6.18. The monoisotopic (exact) mass is 490 g/mol.